The molecule has 1 rings (SSSR count). The Balaban J connectivity index is 3.76. The second kappa shape index (κ2) is 11.2. The number of hydrogen-bond donors (Lipinski definition) is 2. The summed E-state index contributed by atoms with van der Waals surface area (Å²) in [5.41, 5.74) is -1.45. The molecular weight excluding hydrogens is 380 g/mol. The number of phenols is 2. The van der Waals surface area contributed by atoms with Gasteiger partial charge in [-0.2, -0.15) is 0 Å². The molecule has 0 aromatic heterocycles. The maximum absolute atomic E-state index is 12.8. The van der Waals surface area contributed by atoms with Gasteiger partial charge < -0.3 is 19.7 Å². The fourth-order valence-corrected chi connectivity index (χ4v) is 2.67. The maximum Gasteiger partial charge on any atom is 0.339 e. The molecule has 1 aromatic rings. The smallest absolute Gasteiger partial charge is 0.339 e. The van der Waals surface area contributed by atoms with E-state index in [0.29, 0.717) is 6.42 Å². The highest BCUT2D eigenvalue weighted by atomic mass is 16.5. The van der Waals surface area contributed by atoms with Gasteiger partial charge in [0, 0.05) is 19.3 Å². The van der Waals surface area contributed by atoms with Crippen molar-refractivity contribution in [3.63, 3.8) is 0 Å². The Morgan fingerprint density at radius 2 is 1.34 bits per heavy atom. The summed E-state index contributed by atoms with van der Waals surface area (Å²) in [5, 5.41) is 20.8. The minimum absolute atomic E-state index is 0.0535. The van der Waals surface area contributed by atoms with E-state index in [4.69, 9.17) is 9.47 Å². The van der Waals surface area contributed by atoms with E-state index < -0.39 is 57.4 Å². The van der Waals surface area contributed by atoms with Crippen molar-refractivity contribution in [2.75, 3.05) is 6.61 Å². The molecule has 0 atom stereocenters. The first kappa shape index (κ1) is 24.1. The van der Waals surface area contributed by atoms with Crippen molar-refractivity contribution < 1.29 is 38.9 Å². The number of phenolic OH excluding ortho intramolecular Hbond substituents is 2. The molecule has 1 aromatic carbocycles. The highest BCUT2D eigenvalue weighted by molar-refractivity contribution is 6.17. The Kier molecular flexibility index (Phi) is 9.31. The number of ether oxygens (including phenoxy) is 2. The van der Waals surface area contributed by atoms with Crippen molar-refractivity contribution in [1.29, 1.82) is 0 Å². The molecule has 8 nitrogen and oxygen atoms in total. The van der Waals surface area contributed by atoms with E-state index in [2.05, 4.69) is 0 Å². The molecule has 0 aliphatic rings. The first-order valence-electron chi connectivity index (χ1n) is 9.80. The number of aromatic hydroxyl groups is 2. The van der Waals surface area contributed by atoms with Crippen molar-refractivity contribution in [2.24, 2.45) is 0 Å². The molecule has 0 amide bonds. The molecule has 0 spiro atoms. The van der Waals surface area contributed by atoms with Crippen molar-refractivity contribution in [2.45, 2.75) is 66.2 Å². The number of unbranched alkanes of at least 4 members (excludes halogenated alkanes) is 2. The summed E-state index contributed by atoms with van der Waals surface area (Å²) < 4.78 is 10.2. The second-order valence-electron chi connectivity index (χ2n) is 6.38. The van der Waals surface area contributed by atoms with Gasteiger partial charge in [0.15, 0.2) is 23.1 Å². The van der Waals surface area contributed by atoms with Gasteiger partial charge >= 0.3 is 11.9 Å². The van der Waals surface area contributed by atoms with Crippen LogP contribution in [0.2, 0.25) is 0 Å². The summed E-state index contributed by atoms with van der Waals surface area (Å²) in [6.45, 7) is 6.54. The Bertz CT molecular complexity index is 795. The molecule has 0 unspecified atom stereocenters. The number of benzene rings is 1. The normalized spacial score (nSPS) is 10.5. The van der Waals surface area contributed by atoms with E-state index >= 15 is 0 Å². The number of ketones is 2. The van der Waals surface area contributed by atoms with Gasteiger partial charge in [0.25, 0.3) is 0 Å². The lowest BCUT2D eigenvalue weighted by atomic mass is 9.91. The van der Waals surface area contributed by atoms with Crippen LogP contribution in [0.5, 0.6) is 17.2 Å². The molecule has 0 heterocycles. The number of carbonyl (C=O) groups excluding carboxylic acids is 4. The van der Waals surface area contributed by atoms with Crippen LogP contribution in [0.3, 0.4) is 0 Å². The summed E-state index contributed by atoms with van der Waals surface area (Å²) in [6.07, 6.45) is 2.01. The summed E-state index contributed by atoms with van der Waals surface area (Å²) in [7, 11) is 0. The molecule has 29 heavy (non-hydrogen) atoms. The lowest BCUT2D eigenvalue weighted by Gasteiger charge is -2.19. The highest BCUT2D eigenvalue weighted by Gasteiger charge is 2.35. The third kappa shape index (κ3) is 5.56. The predicted octanol–water partition coefficient (Wildman–Crippen LogP) is 3.95. The van der Waals surface area contributed by atoms with Crippen LogP contribution in [0.4, 0.5) is 0 Å². The molecule has 0 saturated carbocycles. The zero-order chi connectivity index (χ0) is 22.1. The van der Waals surface area contributed by atoms with Gasteiger partial charge in [-0.25, -0.2) is 4.79 Å². The Morgan fingerprint density at radius 1 is 0.759 bits per heavy atom. The van der Waals surface area contributed by atoms with Crippen LogP contribution < -0.4 is 4.74 Å². The van der Waals surface area contributed by atoms with Gasteiger partial charge in [0.05, 0.1) is 23.3 Å². The SMILES string of the molecule is CCCCCOC(=O)c1c(C(=O)CC)c(O)c(O)c(OC(=O)CC)c1C(=O)CC. The van der Waals surface area contributed by atoms with Gasteiger partial charge in [-0.1, -0.05) is 40.5 Å². The van der Waals surface area contributed by atoms with E-state index in [1.165, 1.54) is 20.8 Å². The Labute approximate surface area is 169 Å². The third-order valence-electron chi connectivity index (χ3n) is 4.29. The monoisotopic (exact) mass is 408 g/mol. The van der Waals surface area contributed by atoms with Crippen LogP contribution in [0, 0.1) is 0 Å². The highest BCUT2D eigenvalue weighted by Crippen LogP contribution is 2.45. The van der Waals surface area contributed by atoms with E-state index in [0.717, 1.165) is 12.8 Å². The van der Waals surface area contributed by atoms with Crippen molar-refractivity contribution in [3.8, 4) is 17.2 Å². The van der Waals surface area contributed by atoms with Gasteiger partial charge in [-0.3, -0.25) is 14.4 Å². The largest absolute Gasteiger partial charge is 0.504 e. The third-order valence-corrected chi connectivity index (χ3v) is 4.29. The lowest BCUT2D eigenvalue weighted by molar-refractivity contribution is -0.134. The molecular formula is C21H28O8. The van der Waals surface area contributed by atoms with E-state index in [1.54, 1.807) is 0 Å². The first-order valence-corrected chi connectivity index (χ1v) is 9.80. The Hall–Kier alpha value is -2.90. The van der Waals surface area contributed by atoms with Crippen molar-refractivity contribution >= 4 is 23.5 Å². The average molecular weight is 408 g/mol. The zero-order valence-corrected chi connectivity index (χ0v) is 17.3. The van der Waals surface area contributed by atoms with E-state index in [-0.39, 0.29) is 25.9 Å². The molecule has 0 aliphatic carbocycles. The van der Waals surface area contributed by atoms with Crippen molar-refractivity contribution in [3.05, 3.63) is 16.7 Å². The molecule has 0 fully saturated rings. The number of esters is 2. The summed E-state index contributed by atoms with van der Waals surface area (Å²) in [6, 6.07) is 0. The van der Waals surface area contributed by atoms with Gasteiger partial charge in [0.2, 0.25) is 5.75 Å². The van der Waals surface area contributed by atoms with Crippen LogP contribution in [-0.4, -0.2) is 40.3 Å². The standard InChI is InChI=1S/C21H28O8/c1-5-9-10-11-28-21(27)17-15(12(22)6-2)18(25)19(26)20(29-14(24)8-4)16(17)13(23)7-3/h25-26H,5-11H2,1-4H3. The van der Waals surface area contributed by atoms with Crippen LogP contribution >= 0.6 is 0 Å². The molecule has 160 valence electrons. The molecule has 0 aliphatic heterocycles. The minimum Gasteiger partial charge on any atom is -0.504 e. The second-order valence-corrected chi connectivity index (χ2v) is 6.38. The number of carbonyl (C=O) groups is 4. The lowest BCUT2D eigenvalue weighted by Crippen LogP contribution is -2.20. The average Bonchev–Trinajstić information content (AvgIpc) is 2.72. The molecule has 0 bridgehead atoms. The molecule has 0 saturated heterocycles. The van der Waals surface area contributed by atoms with Crippen LogP contribution in [0.25, 0.3) is 0 Å². The fraction of sp³-hybridized carbons (Fsp3) is 0.524. The van der Waals surface area contributed by atoms with Crippen LogP contribution in [0.15, 0.2) is 0 Å². The van der Waals surface area contributed by atoms with E-state index in [1.807, 2.05) is 6.92 Å². The predicted molar refractivity (Wildman–Crippen MR) is 105 cm³/mol. The van der Waals surface area contributed by atoms with Crippen molar-refractivity contribution in [1.82, 2.24) is 0 Å². The maximum atomic E-state index is 12.8. The molecule has 2 N–H and O–H groups in total. The number of hydrogen-bond acceptors (Lipinski definition) is 8. The molecule has 8 heteroatoms. The minimum atomic E-state index is -1.00. The topological polar surface area (TPSA) is 127 Å². The fourth-order valence-electron chi connectivity index (χ4n) is 2.67. The summed E-state index contributed by atoms with van der Waals surface area (Å²) in [4.78, 5) is 49.7. The quantitative estimate of drug-likeness (QED) is 0.185. The van der Waals surface area contributed by atoms with Gasteiger partial charge in [-0.15, -0.1) is 0 Å². The number of rotatable bonds is 11. The summed E-state index contributed by atoms with van der Waals surface area (Å²) in [5.74, 6) is -5.62. The number of Topliss-reactive ketones (excluding diaryl/α,β-unsaturated/α-hetero) is 2. The van der Waals surface area contributed by atoms with Gasteiger partial charge in [0.1, 0.15) is 0 Å². The zero-order valence-electron chi connectivity index (χ0n) is 17.3. The Morgan fingerprint density at radius 3 is 1.86 bits per heavy atom. The van der Waals surface area contributed by atoms with Crippen LogP contribution in [-0.2, 0) is 9.53 Å². The molecule has 0 radical (unpaired) electrons. The van der Waals surface area contributed by atoms with E-state index in [9.17, 15) is 29.4 Å². The first-order chi connectivity index (χ1) is 13.7. The van der Waals surface area contributed by atoms with Crippen LogP contribution in [0.1, 0.15) is 97.3 Å². The summed E-state index contributed by atoms with van der Waals surface area (Å²) >= 11 is 0. The van der Waals surface area contributed by atoms with Gasteiger partial charge in [-0.05, 0) is 6.42 Å².